The van der Waals surface area contributed by atoms with Crippen molar-refractivity contribution in [3.63, 3.8) is 0 Å². The lowest BCUT2D eigenvalue weighted by Gasteiger charge is -2.00. The minimum absolute atomic E-state index is 0.127. The zero-order valence-electron chi connectivity index (χ0n) is 14.3. The van der Waals surface area contributed by atoms with Gasteiger partial charge >= 0.3 is 0 Å². The molecule has 0 aliphatic rings. The zero-order chi connectivity index (χ0) is 18.7. The van der Waals surface area contributed by atoms with Crippen molar-refractivity contribution in [2.75, 3.05) is 0 Å². The topological polar surface area (TPSA) is 96.7 Å². The van der Waals surface area contributed by atoms with Crippen LogP contribution >= 0.6 is 0 Å². The molecule has 7 nitrogen and oxygen atoms in total. The Morgan fingerprint density at radius 1 is 1.08 bits per heavy atom. The van der Waals surface area contributed by atoms with Gasteiger partial charge in [0, 0.05) is 11.1 Å². The highest BCUT2D eigenvalue weighted by Crippen LogP contribution is 2.23. The van der Waals surface area contributed by atoms with Crippen LogP contribution in [0.4, 0.5) is 11.4 Å². The Morgan fingerprint density at radius 3 is 2.42 bits per heavy atom. The van der Waals surface area contributed by atoms with Gasteiger partial charge < -0.3 is 0 Å². The Hall–Kier alpha value is -3.61. The number of carbonyl (C=O) groups is 2. The van der Waals surface area contributed by atoms with Gasteiger partial charge in [0.2, 0.25) is 0 Å². The summed E-state index contributed by atoms with van der Waals surface area (Å²) in [7, 11) is 0. The maximum absolute atomic E-state index is 12.6. The zero-order valence-corrected chi connectivity index (χ0v) is 14.3. The van der Waals surface area contributed by atoms with Crippen molar-refractivity contribution in [2.24, 2.45) is 10.2 Å². The van der Waals surface area contributed by atoms with Crippen molar-refractivity contribution in [1.82, 2.24) is 9.78 Å². The van der Waals surface area contributed by atoms with E-state index in [0.29, 0.717) is 28.2 Å². The number of rotatable bonds is 5. The lowest BCUT2D eigenvalue weighted by molar-refractivity contribution is 0.101. The van der Waals surface area contributed by atoms with Gasteiger partial charge in [0.25, 0.3) is 5.56 Å². The summed E-state index contributed by atoms with van der Waals surface area (Å²) in [5, 5.41) is 11.1. The summed E-state index contributed by atoms with van der Waals surface area (Å²) in [5.41, 5.74) is 2.27. The van der Waals surface area contributed by atoms with Crippen LogP contribution in [-0.4, -0.2) is 21.8 Å². The third-order valence-corrected chi connectivity index (χ3v) is 3.87. The van der Waals surface area contributed by atoms with Crippen LogP contribution in [0.25, 0.3) is 5.69 Å². The average molecular weight is 348 g/mol. The van der Waals surface area contributed by atoms with Gasteiger partial charge in [-0.15, -0.1) is 10.2 Å². The number of aromatic nitrogens is 2. The molecule has 0 aliphatic carbocycles. The quantitative estimate of drug-likeness (QED) is 0.430. The molecule has 0 spiro atoms. The first-order valence-corrected chi connectivity index (χ1v) is 7.90. The van der Waals surface area contributed by atoms with E-state index >= 15 is 0 Å². The van der Waals surface area contributed by atoms with Crippen LogP contribution in [-0.2, 0) is 0 Å². The summed E-state index contributed by atoms with van der Waals surface area (Å²) in [6.07, 6.45) is 0.735. The van der Waals surface area contributed by atoms with E-state index in [1.165, 1.54) is 11.6 Å². The molecule has 1 aromatic heterocycles. The van der Waals surface area contributed by atoms with Crippen molar-refractivity contribution in [1.29, 1.82) is 0 Å². The molecule has 1 N–H and O–H groups in total. The minimum atomic E-state index is -0.370. The molecule has 7 heteroatoms. The molecule has 2 aromatic carbocycles. The fourth-order valence-electron chi connectivity index (χ4n) is 2.50. The van der Waals surface area contributed by atoms with Gasteiger partial charge in [-0.05, 0) is 50.2 Å². The number of hydrogen-bond donors (Lipinski definition) is 1. The van der Waals surface area contributed by atoms with Crippen molar-refractivity contribution in [3.8, 4) is 5.69 Å². The Bertz CT molecular complexity index is 1060. The van der Waals surface area contributed by atoms with Gasteiger partial charge in [-0.1, -0.05) is 12.1 Å². The molecule has 0 bridgehead atoms. The molecule has 130 valence electrons. The Morgan fingerprint density at radius 2 is 1.77 bits per heavy atom. The fraction of sp³-hybridized carbons (Fsp3) is 0.105. The van der Waals surface area contributed by atoms with Crippen LogP contribution in [0.2, 0.25) is 0 Å². The lowest BCUT2D eigenvalue weighted by Crippen LogP contribution is -2.13. The summed E-state index contributed by atoms with van der Waals surface area (Å²) in [5.74, 6) is -0.127. The maximum atomic E-state index is 12.6. The molecule has 0 saturated heterocycles. The first-order valence-electron chi connectivity index (χ1n) is 7.90. The van der Waals surface area contributed by atoms with Crippen LogP contribution in [0.15, 0.2) is 63.6 Å². The number of ketones is 1. The second kappa shape index (κ2) is 7.10. The first kappa shape index (κ1) is 17.2. The number of aldehydes is 1. The van der Waals surface area contributed by atoms with Gasteiger partial charge in [-0.25, -0.2) is 4.68 Å². The van der Waals surface area contributed by atoms with Gasteiger partial charge in [-0.2, -0.15) is 0 Å². The van der Waals surface area contributed by atoms with E-state index in [2.05, 4.69) is 15.3 Å². The summed E-state index contributed by atoms with van der Waals surface area (Å²) in [4.78, 5) is 35.0. The van der Waals surface area contributed by atoms with Crippen molar-refractivity contribution in [3.05, 3.63) is 75.7 Å². The van der Waals surface area contributed by atoms with E-state index in [1.54, 1.807) is 55.5 Å². The maximum Gasteiger partial charge on any atom is 0.299 e. The van der Waals surface area contributed by atoms with Crippen LogP contribution in [0, 0.1) is 6.92 Å². The number of benzene rings is 2. The summed E-state index contributed by atoms with van der Waals surface area (Å²) in [6, 6.07) is 13.4. The van der Waals surface area contributed by atoms with Crippen LogP contribution in [0.3, 0.4) is 0 Å². The summed E-state index contributed by atoms with van der Waals surface area (Å²) < 4.78 is 1.33. The number of nitrogens with zero attached hydrogens (tertiary/aromatic N) is 3. The summed E-state index contributed by atoms with van der Waals surface area (Å²) >= 11 is 0. The molecule has 0 atom stereocenters. The van der Waals surface area contributed by atoms with E-state index in [-0.39, 0.29) is 17.0 Å². The van der Waals surface area contributed by atoms with Gasteiger partial charge in [0.05, 0.1) is 17.1 Å². The second-order valence-corrected chi connectivity index (χ2v) is 5.71. The molecular formula is C19H16N4O3. The van der Waals surface area contributed by atoms with Crippen molar-refractivity contribution in [2.45, 2.75) is 13.8 Å². The number of aromatic amines is 1. The SMILES string of the molecule is CC(=O)c1ccccc1N=Nc1c(C)[nH]n(-c2ccc(C=O)cc2)c1=O. The number of hydrogen-bond acceptors (Lipinski definition) is 5. The van der Waals surface area contributed by atoms with E-state index in [9.17, 15) is 14.4 Å². The van der Waals surface area contributed by atoms with E-state index in [1.807, 2.05) is 0 Å². The van der Waals surface area contributed by atoms with E-state index in [4.69, 9.17) is 0 Å². The average Bonchev–Trinajstić information content (AvgIpc) is 2.94. The standard InChI is InChI=1S/C19H16N4O3/c1-12-18(21-20-17-6-4-3-5-16(17)13(2)25)19(26)23(22-12)15-9-7-14(11-24)8-10-15/h3-11,22H,1-2H3. The molecule has 3 aromatic rings. The largest absolute Gasteiger partial charge is 0.299 e. The summed E-state index contributed by atoms with van der Waals surface area (Å²) in [6.45, 7) is 3.16. The molecule has 0 saturated carbocycles. The molecule has 0 amide bonds. The number of carbonyl (C=O) groups excluding carboxylic acids is 2. The third-order valence-electron chi connectivity index (χ3n) is 3.87. The monoisotopic (exact) mass is 348 g/mol. The van der Waals surface area contributed by atoms with Crippen LogP contribution in [0.1, 0.15) is 33.3 Å². The van der Waals surface area contributed by atoms with Gasteiger partial charge in [0.1, 0.15) is 6.29 Å². The molecule has 0 radical (unpaired) electrons. The van der Waals surface area contributed by atoms with Crippen molar-refractivity contribution < 1.29 is 9.59 Å². The predicted octanol–water partition coefficient (Wildman–Crippen LogP) is 3.90. The van der Waals surface area contributed by atoms with Gasteiger partial charge in [0.15, 0.2) is 11.5 Å². The Kier molecular flexibility index (Phi) is 4.70. The van der Waals surface area contributed by atoms with E-state index in [0.717, 1.165) is 6.29 Å². The lowest BCUT2D eigenvalue weighted by atomic mass is 10.1. The van der Waals surface area contributed by atoms with E-state index < -0.39 is 0 Å². The molecular weight excluding hydrogens is 332 g/mol. The highest BCUT2D eigenvalue weighted by atomic mass is 16.1. The highest BCUT2D eigenvalue weighted by molar-refractivity contribution is 5.98. The Labute approximate surface area is 149 Å². The Balaban J connectivity index is 2.00. The molecule has 26 heavy (non-hydrogen) atoms. The number of Topliss-reactive ketones (excluding diaryl/α,β-unsaturated/α-hetero) is 1. The predicted molar refractivity (Wildman–Crippen MR) is 97.1 cm³/mol. The number of azo groups is 1. The fourth-order valence-corrected chi connectivity index (χ4v) is 2.50. The molecule has 3 rings (SSSR count). The molecule has 0 unspecified atom stereocenters. The third kappa shape index (κ3) is 3.27. The number of H-pyrrole nitrogens is 1. The number of aryl methyl sites for hydroxylation is 1. The smallest absolute Gasteiger partial charge is 0.298 e. The van der Waals surface area contributed by atoms with Gasteiger partial charge in [-0.3, -0.25) is 19.5 Å². The second-order valence-electron chi connectivity index (χ2n) is 5.71. The normalized spacial score (nSPS) is 11.0. The van der Waals surface area contributed by atoms with Crippen LogP contribution in [0.5, 0.6) is 0 Å². The minimum Gasteiger partial charge on any atom is -0.298 e. The molecule has 1 heterocycles. The van der Waals surface area contributed by atoms with Crippen LogP contribution < -0.4 is 5.56 Å². The highest BCUT2D eigenvalue weighted by Gasteiger charge is 2.13. The van der Waals surface area contributed by atoms with Crippen molar-refractivity contribution >= 4 is 23.4 Å². The molecule has 0 aliphatic heterocycles. The first-order chi connectivity index (χ1) is 12.5. The molecule has 0 fully saturated rings. The number of nitrogens with one attached hydrogen (secondary N) is 1.